The van der Waals surface area contributed by atoms with Crippen molar-refractivity contribution < 1.29 is 13.9 Å². The van der Waals surface area contributed by atoms with E-state index >= 15 is 0 Å². The van der Waals surface area contributed by atoms with Crippen LogP contribution in [0.4, 0.5) is 0 Å². The second kappa shape index (κ2) is 5.24. The van der Waals surface area contributed by atoms with E-state index < -0.39 is 0 Å². The molecule has 4 nitrogen and oxygen atoms in total. The van der Waals surface area contributed by atoms with Gasteiger partial charge in [-0.3, -0.25) is 4.90 Å². The number of aryl methyl sites for hydroxylation is 1. The van der Waals surface area contributed by atoms with Crippen LogP contribution < -0.4 is 0 Å². The number of hydrogen-bond acceptors (Lipinski definition) is 4. The second-order valence-electron chi connectivity index (χ2n) is 6.16. The Kier molecular flexibility index (Phi) is 3.59. The van der Waals surface area contributed by atoms with Gasteiger partial charge in [0.05, 0.1) is 13.7 Å². The fourth-order valence-electron chi connectivity index (χ4n) is 2.98. The Labute approximate surface area is 120 Å². The Hall–Kier alpha value is -1.29. The van der Waals surface area contributed by atoms with E-state index in [9.17, 15) is 4.79 Å². The van der Waals surface area contributed by atoms with E-state index in [1.54, 1.807) is 0 Å². The number of esters is 1. The van der Waals surface area contributed by atoms with Crippen molar-refractivity contribution in [2.75, 3.05) is 7.11 Å². The first-order valence-electron chi connectivity index (χ1n) is 7.53. The number of methoxy groups -OCH3 is 1. The molecule has 2 aliphatic rings. The molecule has 2 fully saturated rings. The van der Waals surface area contributed by atoms with Gasteiger partial charge in [0, 0.05) is 12.1 Å². The van der Waals surface area contributed by atoms with E-state index in [0.29, 0.717) is 23.4 Å². The van der Waals surface area contributed by atoms with Gasteiger partial charge < -0.3 is 9.15 Å². The highest BCUT2D eigenvalue weighted by molar-refractivity contribution is 5.90. The highest BCUT2D eigenvalue weighted by atomic mass is 16.5. The Balaban J connectivity index is 1.73. The normalized spacial score (nSPS) is 20.2. The molecule has 1 heterocycles. The van der Waals surface area contributed by atoms with Gasteiger partial charge in [-0.15, -0.1) is 0 Å². The van der Waals surface area contributed by atoms with Crippen LogP contribution in [0.2, 0.25) is 0 Å². The van der Waals surface area contributed by atoms with Gasteiger partial charge in [-0.25, -0.2) is 4.79 Å². The van der Waals surface area contributed by atoms with Crippen molar-refractivity contribution in [3.63, 3.8) is 0 Å². The number of ether oxygens (including phenoxy) is 1. The van der Waals surface area contributed by atoms with Crippen molar-refractivity contribution in [1.82, 2.24) is 4.90 Å². The van der Waals surface area contributed by atoms with Crippen molar-refractivity contribution in [2.24, 2.45) is 5.92 Å². The zero-order valence-electron chi connectivity index (χ0n) is 12.5. The first kappa shape index (κ1) is 13.7. The van der Waals surface area contributed by atoms with Gasteiger partial charge in [0.2, 0.25) is 0 Å². The molecule has 0 radical (unpaired) electrons. The average molecular weight is 277 g/mol. The Bertz CT molecular complexity index is 500. The third kappa shape index (κ3) is 2.75. The second-order valence-corrected chi connectivity index (χ2v) is 6.16. The number of nitrogens with zero attached hydrogens (tertiary/aromatic N) is 1. The van der Waals surface area contributed by atoms with Crippen molar-refractivity contribution in [3.8, 4) is 0 Å². The van der Waals surface area contributed by atoms with Crippen molar-refractivity contribution in [1.29, 1.82) is 0 Å². The van der Waals surface area contributed by atoms with Crippen LogP contribution in [0.25, 0.3) is 0 Å². The fraction of sp³-hybridized carbons (Fsp3) is 0.688. The van der Waals surface area contributed by atoms with Gasteiger partial charge in [-0.1, -0.05) is 0 Å². The molecule has 0 saturated heterocycles. The Morgan fingerprint density at radius 2 is 2.15 bits per heavy atom. The van der Waals surface area contributed by atoms with Crippen molar-refractivity contribution in [2.45, 2.75) is 58.2 Å². The lowest BCUT2D eigenvalue weighted by molar-refractivity contribution is 0.0599. The molecule has 0 aliphatic heterocycles. The van der Waals surface area contributed by atoms with Crippen LogP contribution in [0, 0.1) is 12.8 Å². The molecule has 2 saturated carbocycles. The highest BCUT2D eigenvalue weighted by Crippen LogP contribution is 2.40. The molecule has 1 aromatic heterocycles. The van der Waals surface area contributed by atoms with E-state index in [2.05, 4.69) is 11.8 Å². The molecule has 4 heteroatoms. The number of carbonyl (C=O) groups excluding carboxylic acids is 1. The lowest BCUT2D eigenvalue weighted by Crippen LogP contribution is -2.35. The first-order valence-corrected chi connectivity index (χ1v) is 7.53. The molecular weight excluding hydrogens is 254 g/mol. The molecule has 0 aromatic carbocycles. The van der Waals surface area contributed by atoms with E-state index in [4.69, 9.17) is 9.15 Å². The minimum atomic E-state index is -0.314. The molecule has 1 aromatic rings. The van der Waals surface area contributed by atoms with Gasteiger partial charge >= 0.3 is 5.97 Å². The molecule has 20 heavy (non-hydrogen) atoms. The summed E-state index contributed by atoms with van der Waals surface area (Å²) < 4.78 is 10.5. The molecule has 3 rings (SSSR count). The van der Waals surface area contributed by atoms with E-state index in [-0.39, 0.29) is 5.97 Å². The summed E-state index contributed by atoms with van der Waals surface area (Å²) in [6.45, 7) is 4.95. The summed E-state index contributed by atoms with van der Waals surface area (Å²) in [5.41, 5.74) is 0.553. The van der Waals surface area contributed by atoms with E-state index in [1.807, 2.05) is 13.0 Å². The maximum Gasteiger partial charge on any atom is 0.341 e. The number of hydrogen-bond donors (Lipinski definition) is 0. The smallest absolute Gasteiger partial charge is 0.341 e. The zero-order chi connectivity index (χ0) is 14.3. The summed E-state index contributed by atoms with van der Waals surface area (Å²) in [5.74, 6) is 2.07. The van der Waals surface area contributed by atoms with Gasteiger partial charge in [0.1, 0.15) is 17.1 Å². The minimum Gasteiger partial charge on any atom is -0.465 e. The molecule has 2 aliphatic carbocycles. The summed E-state index contributed by atoms with van der Waals surface area (Å²) in [5, 5.41) is 0. The molecule has 110 valence electrons. The third-order valence-electron chi connectivity index (χ3n) is 4.56. The standard InChI is InChI=1S/C16H23NO3/c1-10(12-4-5-12)17(13-6-7-13)9-14-8-15(11(2)20-14)16(18)19-3/h8,10,12-13H,4-7,9H2,1-3H3. The molecule has 0 amide bonds. The lowest BCUT2D eigenvalue weighted by Gasteiger charge is -2.28. The predicted octanol–water partition coefficient (Wildman–Crippen LogP) is 3.14. The van der Waals surface area contributed by atoms with E-state index in [0.717, 1.165) is 18.2 Å². The molecule has 1 unspecified atom stereocenters. The van der Waals surface area contributed by atoms with Gasteiger partial charge in [0.15, 0.2) is 0 Å². The largest absolute Gasteiger partial charge is 0.465 e. The van der Waals surface area contributed by atoms with Gasteiger partial charge in [0.25, 0.3) is 0 Å². The number of rotatable bonds is 6. The van der Waals surface area contributed by atoms with Gasteiger partial charge in [-0.05, 0) is 51.5 Å². The van der Waals surface area contributed by atoms with Crippen LogP contribution in [0.3, 0.4) is 0 Å². The maximum absolute atomic E-state index is 11.6. The SMILES string of the molecule is COC(=O)c1cc(CN(C2CC2)C(C)C2CC2)oc1C. The Morgan fingerprint density at radius 3 is 2.70 bits per heavy atom. The van der Waals surface area contributed by atoms with Crippen LogP contribution in [0.15, 0.2) is 10.5 Å². The summed E-state index contributed by atoms with van der Waals surface area (Å²) in [6.07, 6.45) is 5.30. The van der Waals surface area contributed by atoms with Crippen molar-refractivity contribution >= 4 is 5.97 Å². The maximum atomic E-state index is 11.6. The quantitative estimate of drug-likeness (QED) is 0.749. The minimum absolute atomic E-state index is 0.314. The highest BCUT2D eigenvalue weighted by Gasteiger charge is 2.39. The third-order valence-corrected chi connectivity index (χ3v) is 4.56. The fourth-order valence-corrected chi connectivity index (χ4v) is 2.98. The predicted molar refractivity (Wildman–Crippen MR) is 75.5 cm³/mol. The first-order chi connectivity index (χ1) is 9.60. The van der Waals surface area contributed by atoms with Crippen LogP contribution >= 0.6 is 0 Å². The van der Waals surface area contributed by atoms with Crippen LogP contribution in [-0.2, 0) is 11.3 Å². The summed E-state index contributed by atoms with van der Waals surface area (Å²) >= 11 is 0. The lowest BCUT2D eigenvalue weighted by atomic mass is 10.1. The van der Waals surface area contributed by atoms with Crippen LogP contribution in [-0.4, -0.2) is 30.1 Å². The molecule has 0 bridgehead atoms. The summed E-state index contributed by atoms with van der Waals surface area (Å²) in [7, 11) is 1.40. The summed E-state index contributed by atoms with van der Waals surface area (Å²) in [6, 6.07) is 3.17. The van der Waals surface area contributed by atoms with Gasteiger partial charge in [-0.2, -0.15) is 0 Å². The zero-order valence-corrected chi connectivity index (χ0v) is 12.5. The molecule has 1 atom stereocenters. The van der Waals surface area contributed by atoms with Crippen LogP contribution in [0.5, 0.6) is 0 Å². The number of furan rings is 1. The molecule has 0 N–H and O–H groups in total. The molecular formula is C16H23NO3. The Morgan fingerprint density at radius 1 is 1.45 bits per heavy atom. The van der Waals surface area contributed by atoms with Crippen molar-refractivity contribution in [3.05, 3.63) is 23.2 Å². The summed E-state index contributed by atoms with van der Waals surface area (Å²) in [4.78, 5) is 14.2. The number of carbonyl (C=O) groups is 1. The van der Waals surface area contributed by atoms with E-state index in [1.165, 1.54) is 32.8 Å². The average Bonchev–Trinajstić information content (AvgIpc) is 3.32. The molecule has 0 spiro atoms. The monoisotopic (exact) mass is 277 g/mol. The topological polar surface area (TPSA) is 42.7 Å². The van der Waals surface area contributed by atoms with Crippen LogP contribution in [0.1, 0.15) is 54.5 Å².